The van der Waals surface area contributed by atoms with Gasteiger partial charge >= 0.3 is 51.0 Å². The zero-order valence-electron chi connectivity index (χ0n) is 9.10. The third-order valence-corrected chi connectivity index (χ3v) is 1.50. The molecule has 0 aromatic heterocycles. The molecular formula is C11H14FeO4. The second-order valence-corrected chi connectivity index (χ2v) is 2.27. The van der Waals surface area contributed by atoms with Crippen LogP contribution in [0.4, 0.5) is 0 Å². The average molecular weight is 266 g/mol. The Kier molecular flexibility index (Phi) is 67.7. The van der Waals surface area contributed by atoms with Crippen LogP contribution in [0.25, 0.3) is 0 Å². The molecule has 0 bridgehead atoms. The molecule has 1 aliphatic carbocycles. The summed E-state index contributed by atoms with van der Waals surface area (Å²) >= 11 is 0. The molecule has 1 saturated carbocycles. The van der Waals surface area contributed by atoms with Crippen LogP contribution in [0.5, 0.6) is 0 Å². The van der Waals surface area contributed by atoms with Crippen molar-refractivity contribution in [2.24, 2.45) is 0 Å². The predicted molar refractivity (Wildman–Crippen MR) is 50.6 cm³/mol. The van der Waals surface area contributed by atoms with Gasteiger partial charge in [-0.05, 0) is 18.6 Å². The topological polar surface area (TPSA) is 76.8 Å². The van der Waals surface area contributed by atoms with Gasteiger partial charge in [0.05, 0.1) is 0 Å². The molecule has 1 fully saturated rings. The molecule has 5 heteroatoms. The standard InChI is InChI=1S/C7H11O.3CO.CH3.Fe/c8-7-5-3-1-2-4-6-7;3*1-2;;/h5H,1-4,6H2;;;;1H3;/q-1;;;;-1;+2. The van der Waals surface area contributed by atoms with Crippen molar-refractivity contribution in [3.63, 3.8) is 0 Å². The minimum atomic E-state index is 0. The summed E-state index contributed by atoms with van der Waals surface area (Å²) in [6.07, 6.45) is 7.19. The maximum atomic E-state index is 10.6. The Morgan fingerprint density at radius 3 is 1.81 bits per heavy atom. The molecule has 0 unspecified atom stereocenters. The molecular weight excluding hydrogens is 252 g/mol. The fourth-order valence-electron chi connectivity index (χ4n) is 0.985. The first kappa shape index (κ1) is 29.5. The minimum Gasteiger partial charge on any atom is -0.358 e. The van der Waals surface area contributed by atoms with Crippen molar-refractivity contribution in [1.82, 2.24) is 0 Å². The van der Waals surface area contributed by atoms with Gasteiger partial charge in [-0.2, -0.15) is 6.42 Å². The summed E-state index contributed by atoms with van der Waals surface area (Å²) in [6, 6.07) is 0. The van der Waals surface area contributed by atoms with Gasteiger partial charge in [0, 0.05) is 0 Å². The number of ketones is 1. The van der Waals surface area contributed by atoms with Crippen molar-refractivity contribution in [2.75, 3.05) is 0 Å². The Morgan fingerprint density at radius 2 is 1.38 bits per heavy atom. The molecule has 16 heavy (non-hydrogen) atoms. The normalized spacial score (nSPS) is 11.2. The molecule has 0 heterocycles. The molecule has 0 aromatic rings. The molecule has 0 aliphatic heterocycles. The van der Waals surface area contributed by atoms with Crippen LogP contribution in [-0.2, 0) is 35.8 Å². The van der Waals surface area contributed by atoms with Gasteiger partial charge in [-0.15, -0.1) is 0 Å². The fourth-order valence-corrected chi connectivity index (χ4v) is 0.985. The van der Waals surface area contributed by atoms with E-state index in [1.165, 1.54) is 12.8 Å². The average Bonchev–Trinajstić information content (AvgIpc) is 2.54. The van der Waals surface area contributed by atoms with Crippen LogP contribution in [0, 0.1) is 33.8 Å². The fraction of sp³-hybridized carbons (Fsp3) is 0.455. The van der Waals surface area contributed by atoms with Crippen molar-refractivity contribution >= 4 is 5.78 Å². The quantitative estimate of drug-likeness (QED) is 0.286. The van der Waals surface area contributed by atoms with Gasteiger partial charge in [0.25, 0.3) is 0 Å². The molecule has 90 valence electrons. The Hall–Kier alpha value is -0.721. The maximum Gasteiger partial charge on any atom is 2.00 e. The summed E-state index contributed by atoms with van der Waals surface area (Å²) in [6.45, 7) is 13.5. The van der Waals surface area contributed by atoms with Gasteiger partial charge in [-0.1, -0.05) is 12.8 Å². The molecule has 0 spiro atoms. The van der Waals surface area contributed by atoms with Crippen molar-refractivity contribution in [3.05, 3.63) is 33.8 Å². The summed E-state index contributed by atoms with van der Waals surface area (Å²) < 4.78 is 22.5. The summed E-state index contributed by atoms with van der Waals surface area (Å²) in [7, 11) is 0. The summed E-state index contributed by atoms with van der Waals surface area (Å²) in [5, 5.41) is 0. The second kappa shape index (κ2) is 36.7. The number of hydrogen-bond donors (Lipinski definition) is 0. The number of carbonyl (C=O) groups is 1. The molecule has 0 amide bonds. The van der Waals surface area contributed by atoms with E-state index in [1.807, 2.05) is 6.42 Å². The zero-order valence-corrected chi connectivity index (χ0v) is 10.2. The molecule has 0 atom stereocenters. The van der Waals surface area contributed by atoms with E-state index in [2.05, 4.69) is 20.0 Å². The van der Waals surface area contributed by atoms with Gasteiger partial charge in [0.15, 0.2) is 0 Å². The summed E-state index contributed by atoms with van der Waals surface area (Å²) in [4.78, 5) is 10.6. The third kappa shape index (κ3) is 29.2. The summed E-state index contributed by atoms with van der Waals surface area (Å²) in [5.74, 6) is 0.350. The van der Waals surface area contributed by atoms with Crippen LogP contribution < -0.4 is 0 Å². The van der Waals surface area contributed by atoms with Crippen molar-refractivity contribution < 1.29 is 35.8 Å². The summed E-state index contributed by atoms with van der Waals surface area (Å²) in [5.41, 5.74) is 0. The first-order chi connectivity index (χ1) is 6.89. The molecule has 0 aromatic carbocycles. The van der Waals surface area contributed by atoms with E-state index in [-0.39, 0.29) is 24.5 Å². The van der Waals surface area contributed by atoms with Crippen LogP contribution in [0.2, 0.25) is 0 Å². The van der Waals surface area contributed by atoms with Gasteiger partial charge in [0.1, 0.15) is 0 Å². The molecule has 1 rings (SSSR count). The van der Waals surface area contributed by atoms with Gasteiger partial charge in [-0.3, -0.25) is 0 Å². The Bertz CT molecular complexity index is 160. The maximum absolute atomic E-state index is 10.6. The Morgan fingerprint density at radius 1 is 0.938 bits per heavy atom. The number of rotatable bonds is 0. The molecule has 0 radical (unpaired) electrons. The minimum absolute atomic E-state index is 0. The van der Waals surface area contributed by atoms with E-state index in [0.29, 0.717) is 5.78 Å². The van der Waals surface area contributed by atoms with E-state index >= 15 is 0 Å². The predicted octanol–water partition coefficient (Wildman–Crippen LogP) is 2.06. The van der Waals surface area contributed by atoms with E-state index in [4.69, 9.17) is 14.0 Å². The van der Waals surface area contributed by atoms with E-state index in [9.17, 15) is 4.79 Å². The van der Waals surface area contributed by atoms with Crippen molar-refractivity contribution in [1.29, 1.82) is 0 Å². The van der Waals surface area contributed by atoms with Crippen LogP contribution in [0.3, 0.4) is 0 Å². The van der Waals surface area contributed by atoms with Gasteiger partial charge in [-0.25, -0.2) is 0 Å². The molecule has 4 nitrogen and oxygen atoms in total. The third-order valence-electron chi connectivity index (χ3n) is 1.50. The molecule has 1 aliphatic rings. The Balaban J connectivity index is -0.0000000445. The van der Waals surface area contributed by atoms with Crippen LogP contribution >= 0.6 is 0 Å². The number of hydrogen-bond acceptors (Lipinski definition) is 1. The van der Waals surface area contributed by atoms with Crippen molar-refractivity contribution in [2.45, 2.75) is 32.1 Å². The first-order valence-corrected chi connectivity index (χ1v) is 3.87. The first-order valence-electron chi connectivity index (χ1n) is 3.87. The van der Waals surface area contributed by atoms with E-state index < -0.39 is 0 Å². The van der Waals surface area contributed by atoms with Crippen molar-refractivity contribution in [3.8, 4) is 0 Å². The molecule has 0 saturated heterocycles. The van der Waals surface area contributed by atoms with Crippen LogP contribution in [-0.4, -0.2) is 5.78 Å². The van der Waals surface area contributed by atoms with Gasteiger partial charge < -0.3 is 18.6 Å². The number of carbonyl (C=O) groups excluding carboxylic acids is 1. The SMILES string of the molecule is O=C1[CH-]CCCCC1.[C-]#[O+].[C-]#[O+].[C-]#[O+].[CH3-].[Fe+2]. The van der Waals surface area contributed by atoms with E-state index in [1.54, 1.807) is 0 Å². The van der Waals surface area contributed by atoms with Crippen LogP contribution in [0.15, 0.2) is 0 Å². The monoisotopic (exact) mass is 266 g/mol. The smallest absolute Gasteiger partial charge is 0.358 e. The van der Waals surface area contributed by atoms with Gasteiger partial charge in [0.2, 0.25) is 0 Å². The zero-order chi connectivity index (χ0) is 11.8. The molecule has 0 N–H and O–H groups in total. The second-order valence-electron chi connectivity index (χ2n) is 2.27. The van der Waals surface area contributed by atoms with E-state index in [0.717, 1.165) is 19.3 Å². The Labute approximate surface area is 108 Å². The largest absolute Gasteiger partial charge is 2.00 e. The van der Waals surface area contributed by atoms with Crippen LogP contribution in [0.1, 0.15) is 32.1 Å². The number of Topliss-reactive ketones (excluding diaryl/α,β-unsaturated/α-hetero) is 1.